The van der Waals surface area contributed by atoms with Gasteiger partial charge in [0.1, 0.15) is 17.6 Å². The normalized spacial score (nSPS) is 11.7. The fourth-order valence-electron chi connectivity index (χ4n) is 2.73. The Labute approximate surface area is 194 Å². The summed E-state index contributed by atoms with van der Waals surface area (Å²) in [5.74, 6) is 2.99. The molecule has 2 rings (SSSR count). The van der Waals surface area contributed by atoms with Gasteiger partial charge in [-0.2, -0.15) is 0 Å². The number of aliphatic hydroxyl groups is 1. The molecule has 0 aliphatic heterocycles. The van der Waals surface area contributed by atoms with Gasteiger partial charge in [-0.3, -0.25) is 0 Å². The van der Waals surface area contributed by atoms with Crippen molar-refractivity contribution in [1.82, 2.24) is 5.32 Å². The van der Waals surface area contributed by atoms with E-state index in [2.05, 4.69) is 15.6 Å². The number of nitrogens with one attached hydrogen (secondary N) is 2. The van der Waals surface area contributed by atoms with Crippen LogP contribution in [0.4, 0.5) is 5.69 Å². The van der Waals surface area contributed by atoms with E-state index in [0.717, 1.165) is 5.69 Å². The van der Waals surface area contributed by atoms with Gasteiger partial charge >= 0.3 is 0 Å². The molecule has 3 N–H and O–H groups in total. The molecule has 1 unspecified atom stereocenters. The highest BCUT2D eigenvalue weighted by molar-refractivity contribution is 14.0. The molecule has 0 spiro atoms. The number of halogens is 1. The maximum Gasteiger partial charge on any atom is 0.195 e. The first-order chi connectivity index (χ1) is 14.1. The van der Waals surface area contributed by atoms with Gasteiger partial charge in [0.25, 0.3) is 0 Å². The average molecular weight is 531 g/mol. The molecule has 0 aromatic heterocycles. The van der Waals surface area contributed by atoms with Crippen molar-refractivity contribution in [3.8, 4) is 23.0 Å². The van der Waals surface area contributed by atoms with E-state index in [1.54, 1.807) is 52.7 Å². The Bertz CT molecular complexity index is 832. The van der Waals surface area contributed by atoms with Crippen molar-refractivity contribution in [3.63, 3.8) is 0 Å². The Hall–Kier alpha value is -2.40. The minimum Gasteiger partial charge on any atom is -0.497 e. The number of guanidine groups is 1. The quantitative estimate of drug-likeness (QED) is 0.259. The number of methoxy groups -OCH3 is 4. The van der Waals surface area contributed by atoms with Gasteiger partial charge < -0.3 is 34.7 Å². The monoisotopic (exact) mass is 531 g/mol. The van der Waals surface area contributed by atoms with Crippen LogP contribution in [-0.4, -0.2) is 52.6 Å². The molecular weight excluding hydrogens is 501 g/mol. The summed E-state index contributed by atoms with van der Waals surface area (Å²) in [6, 6.07) is 10.8. The largest absolute Gasteiger partial charge is 0.497 e. The van der Waals surface area contributed by atoms with E-state index < -0.39 is 6.10 Å². The fraction of sp³-hybridized carbons (Fsp3) is 0.381. The van der Waals surface area contributed by atoms with E-state index in [0.29, 0.717) is 41.1 Å². The first kappa shape index (κ1) is 25.6. The molecule has 8 nitrogen and oxygen atoms in total. The van der Waals surface area contributed by atoms with Crippen molar-refractivity contribution >= 4 is 35.6 Å². The lowest BCUT2D eigenvalue weighted by Gasteiger charge is -2.16. The third-order valence-electron chi connectivity index (χ3n) is 4.21. The number of ether oxygens (including phenoxy) is 4. The van der Waals surface area contributed by atoms with Gasteiger partial charge in [0.05, 0.1) is 35.0 Å². The third-order valence-corrected chi connectivity index (χ3v) is 4.21. The molecule has 0 saturated carbocycles. The number of aliphatic imine (C=N–C) groups is 1. The highest BCUT2D eigenvalue weighted by atomic mass is 127. The third kappa shape index (κ3) is 6.84. The molecule has 0 bridgehead atoms. The van der Waals surface area contributed by atoms with Crippen LogP contribution in [0.5, 0.6) is 23.0 Å². The molecule has 166 valence electrons. The molecule has 0 aliphatic carbocycles. The average Bonchev–Trinajstić information content (AvgIpc) is 2.76. The maximum atomic E-state index is 10.7. The highest BCUT2D eigenvalue weighted by Gasteiger charge is 2.15. The molecule has 9 heteroatoms. The summed E-state index contributed by atoms with van der Waals surface area (Å²) in [4.78, 5) is 4.49. The number of benzene rings is 2. The second-order valence-electron chi connectivity index (χ2n) is 6.04. The van der Waals surface area contributed by atoms with Crippen LogP contribution in [0.1, 0.15) is 18.6 Å². The van der Waals surface area contributed by atoms with E-state index in [1.165, 1.54) is 0 Å². The van der Waals surface area contributed by atoms with Gasteiger partial charge in [-0.1, -0.05) is 0 Å². The van der Waals surface area contributed by atoms with Crippen molar-refractivity contribution in [2.24, 2.45) is 4.99 Å². The number of nitrogens with zero attached hydrogens (tertiary/aromatic N) is 1. The van der Waals surface area contributed by atoms with Crippen molar-refractivity contribution in [1.29, 1.82) is 0 Å². The lowest BCUT2D eigenvalue weighted by Crippen LogP contribution is -2.31. The summed E-state index contributed by atoms with van der Waals surface area (Å²) in [6.45, 7) is 2.76. The standard InChI is InChI=1S/C21H29N3O5.HI/c1-6-22-21(24-14-7-9-19(28-4)20(11-14)29-5)23-13-17(25)16-12-15(26-2)8-10-18(16)27-3;/h7-12,17,25H,6,13H2,1-5H3,(H2,22,23,24);1H. The smallest absolute Gasteiger partial charge is 0.195 e. The minimum absolute atomic E-state index is 0. The second kappa shape index (κ2) is 13.0. The summed E-state index contributed by atoms with van der Waals surface area (Å²) in [5, 5.41) is 17.0. The summed E-state index contributed by atoms with van der Waals surface area (Å²) >= 11 is 0. The zero-order valence-corrected chi connectivity index (χ0v) is 20.2. The van der Waals surface area contributed by atoms with Gasteiger partial charge in [-0.05, 0) is 37.3 Å². The van der Waals surface area contributed by atoms with E-state index in [4.69, 9.17) is 18.9 Å². The summed E-state index contributed by atoms with van der Waals surface area (Å²) in [6.07, 6.45) is -0.860. The van der Waals surface area contributed by atoms with Gasteiger partial charge in [-0.15, -0.1) is 24.0 Å². The number of aliphatic hydroxyl groups excluding tert-OH is 1. The second-order valence-corrected chi connectivity index (χ2v) is 6.04. The van der Waals surface area contributed by atoms with Crippen LogP contribution in [-0.2, 0) is 0 Å². The van der Waals surface area contributed by atoms with Gasteiger partial charge in [0.2, 0.25) is 0 Å². The molecule has 0 fully saturated rings. The number of hydrogen-bond donors (Lipinski definition) is 3. The van der Waals surface area contributed by atoms with E-state index >= 15 is 0 Å². The number of hydrogen-bond acceptors (Lipinski definition) is 6. The lowest BCUT2D eigenvalue weighted by molar-refractivity contribution is 0.182. The van der Waals surface area contributed by atoms with Gasteiger partial charge in [0, 0.05) is 23.9 Å². The number of anilines is 1. The molecule has 30 heavy (non-hydrogen) atoms. The predicted octanol–water partition coefficient (Wildman–Crippen LogP) is 3.45. The molecule has 0 radical (unpaired) electrons. The van der Waals surface area contributed by atoms with Crippen molar-refractivity contribution in [2.45, 2.75) is 13.0 Å². The van der Waals surface area contributed by atoms with Gasteiger partial charge in [0.15, 0.2) is 17.5 Å². The van der Waals surface area contributed by atoms with Crippen LogP contribution in [0, 0.1) is 0 Å². The topological polar surface area (TPSA) is 93.6 Å². The molecule has 0 amide bonds. The molecule has 0 heterocycles. The lowest BCUT2D eigenvalue weighted by atomic mass is 10.1. The Balaban J connectivity index is 0.00000450. The van der Waals surface area contributed by atoms with Crippen LogP contribution >= 0.6 is 24.0 Å². The molecule has 1 atom stereocenters. The zero-order chi connectivity index (χ0) is 21.2. The van der Waals surface area contributed by atoms with Crippen LogP contribution in [0.3, 0.4) is 0 Å². The van der Waals surface area contributed by atoms with Crippen LogP contribution < -0.4 is 29.6 Å². The fourth-order valence-corrected chi connectivity index (χ4v) is 2.73. The summed E-state index contributed by atoms with van der Waals surface area (Å²) < 4.78 is 21.2. The first-order valence-corrected chi connectivity index (χ1v) is 9.23. The minimum atomic E-state index is -0.860. The maximum absolute atomic E-state index is 10.7. The van der Waals surface area contributed by atoms with Crippen molar-refractivity contribution < 1.29 is 24.1 Å². The highest BCUT2D eigenvalue weighted by Crippen LogP contribution is 2.31. The summed E-state index contributed by atoms with van der Waals surface area (Å²) in [5.41, 5.74) is 1.38. The molecular formula is C21H30IN3O5. The van der Waals surface area contributed by atoms with Crippen LogP contribution in [0.15, 0.2) is 41.4 Å². The van der Waals surface area contributed by atoms with Crippen molar-refractivity contribution in [2.75, 3.05) is 46.8 Å². The molecule has 0 aliphatic rings. The summed E-state index contributed by atoms with van der Waals surface area (Å²) in [7, 11) is 6.31. The first-order valence-electron chi connectivity index (χ1n) is 9.23. The van der Waals surface area contributed by atoms with Crippen LogP contribution in [0.25, 0.3) is 0 Å². The van der Waals surface area contributed by atoms with E-state index in [-0.39, 0.29) is 30.5 Å². The molecule has 2 aromatic carbocycles. The Kier molecular flexibility index (Phi) is 11.1. The Morgan fingerprint density at radius 1 is 0.933 bits per heavy atom. The van der Waals surface area contributed by atoms with E-state index in [1.807, 2.05) is 19.1 Å². The van der Waals surface area contributed by atoms with Crippen molar-refractivity contribution in [3.05, 3.63) is 42.0 Å². The molecule has 2 aromatic rings. The SMILES string of the molecule is CCNC(=NCC(O)c1cc(OC)ccc1OC)Nc1ccc(OC)c(OC)c1.I. The van der Waals surface area contributed by atoms with E-state index in [9.17, 15) is 5.11 Å². The molecule has 0 saturated heterocycles. The Morgan fingerprint density at radius 3 is 2.20 bits per heavy atom. The zero-order valence-electron chi connectivity index (χ0n) is 17.9. The van der Waals surface area contributed by atoms with Crippen LogP contribution in [0.2, 0.25) is 0 Å². The van der Waals surface area contributed by atoms with Gasteiger partial charge in [-0.25, -0.2) is 4.99 Å². The Morgan fingerprint density at radius 2 is 1.60 bits per heavy atom. The predicted molar refractivity (Wildman–Crippen MR) is 129 cm³/mol. The number of rotatable bonds is 9.